The minimum absolute atomic E-state index is 0.0211. The third-order valence-corrected chi connectivity index (χ3v) is 6.40. The summed E-state index contributed by atoms with van der Waals surface area (Å²) in [5, 5.41) is 4.42. The number of ketones is 1. The van der Waals surface area contributed by atoms with Gasteiger partial charge in [0.1, 0.15) is 22.9 Å². The first-order valence-corrected chi connectivity index (χ1v) is 11.2. The summed E-state index contributed by atoms with van der Waals surface area (Å²) in [6.45, 7) is 3.62. The number of pyridine rings is 1. The number of H-pyrrole nitrogens is 1. The van der Waals surface area contributed by atoms with Gasteiger partial charge in [0.15, 0.2) is 0 Å². The SMILES string of the molecule is Cc1c[nH]c2nccc(Oc3ccc(C4CNC[C@@H]4C(=O)CCc4ccccc4)cc3)c12. The molecule has 2 aromatic heterocycles. The number of aromatic amines is 1. The summed E-state index contributed by atoms with van der Waals surface area (Å²) in [5.74, 6) is 2.13. The molecule has 0 aliphatic carbocycles. The van der Waals surface area contributed by atoms with Crippen LogP contribution in [0.3, 0.4) is 0 Å². The molecule has 0 amide bonds. The molecule has 0 bridgehead atoms. The minimum Gasteiger partial charge on any atom is -0.457 e. The normalized spacial score (nSPS) is 18.2. The van der Waals surface area contributed by atoms with Gasteiger partial charge >= 0.3 is 0 Å². The summed E-state index contributed by atoms with van der Waals surface area (Å²) < 4.78 is 6.17. The second kappa shape index (κ2) is 8.97. The van der Waals surface area contributed by atoms with Crippen LogP contribution in [0.25, 0.3) is 11.0 Å². The Labute approximate surface area is 187 Å². The average molecular weight is 426 g/mol. The van der Waals surface area contributed by atoms with Crippen molar-refractivity contribution in [2.75, 3.05) is 13.1 Å². The van der Waals surface area contributed by atoms with E-state index in [1.54, 1.807) is 6.20 Å². The molecule has 1 aliphatic rings. The predicted molar refractivity (Wildman–Crippen MR) is 126 cm³/mol. The number of aromatic nitrogens is 2. The lowest BCUT2D eigenvalue weighted by molar-refractivity contribution is -0.122. The van der Waals surface area contributed by atoms with E-state index in [0.29, 0.717) is 12.2 Å². The van der Waals surface area contributed by atoms with Gasteiger partial charge in [-0.3, -0.25) is 4.79 Å². The number of hydrogen-bond donors (Lipinski definition) is 2. The highest BCUT2D eigenvalue weighted by molar-refractivity contribution is 5.86. The van der Waals surface area contributed by atoms with E-state index in [0.717, 1.165) is 47.6 Å². The number of rotatable bonds is 7. The summed E-state index contributed by atoms with van der Waals surface area (Å²) in [4.78, 5) is 20.5. The quantitative estimate of drug-likeness (QED) is 0.429. The summed E-state index contributed by atoms with van der Waals surface area (Å²) in [5.41, 5.74) is 4.32. The van der Waals surface area contributed by atoms with Crippen LogP contribution < -0.4 is 10.1 Å². The van der Waals surface area contributed by atoms with Gasteiger partial charge in [-0.2, -0.15) is 0 Å². The van der Waals surface area contributed by atoms with Crippen molar-refractivity contribution in [2.45, 2.75) is 25.7 Å². The Bertz CT molecular complexity index is 1210. The van der Waals surface area contributed by atoms with Gasteiger partial charge in [-0.25, -0.2) is 4.98 Å². The molecule has 4 aromatic rings. The summed E-state index contributed by atoms with van der Waals surface area (Å²) in [6, 6.07) is 20.3. The number of nitrogens with zero attached hydrogens (tertiary/aromatic N) is 1. The molecule has 32 heavy (non-hydrogen) atoms. The number of ether oxygens (including phenoxy) is 1. The zero-order valence-electron chi connectivity index (χ0n) is 18.2. The fraction of sp³-hybridized carbons (Fsp3) is 0.259. The van der Waals surface area contributed by atoms with Crippen LogP contribution in [0.15, 0.2) is 73.1 Å². The van der Waals surface area contributed by atoms with Crippen LogP contribution in [0.2, 0.25) is 0 Å². The maximum absolute atomic E-state index is 13.0. The highest BCUT2D eigenvalue weighted by Crippen LogP contribution is 2.34. The Morgan fingerprint density at radius 3 is 2.69 bits per heavy atom. The maximum atomic E-state index is 13.0. The molecule has 0 spiro atoms. The highest BCUT2D eigenvalue weighted by atomic mass is 16.5. The van der Waals surface area contributed by atoms with E-state index >= 15 is 0 Å². The predicted octanol–water partition coefficient (Wildman–Crippen LogP) is 5.17. The molecule has 5 nitrogen and oxygen atoms in total. The number of fused-ring (bicyclic) bond motifs is 1. The van der Waals surface area contributed by atoms with E-state index < -0.39 is 0 Å². The van der Waals surface area contributed by atoms with Crippen LogP contribution in [0, 0.1) is 12.8 Å². The van der Waals surface area contributed by atoms with Crippen molar-refractivity contribution in [1.82, 2.24) is 15.3 Å². The molecule has 5 rings (SSSR count). The van der Waals surface area contributed by atoms with E-state index in [2.05, 4.69) is 39.6 Å². The van der Waals surface area contributed by atoms with Crippen molar-refractivity contribution < 1.29 is 9.53 Å². The van der Waals surface area contributed by atoms with Crippen molar-refractivity contribution in [3.05, 3.63) is 89.7 Å². The monoisotopic (exact) mass is 425 g/mol. The number of hydrogen-bond acceptors (Lipinski definition) is 4. The Kier molecular flexibility index (Phi) is 5.73. The molecule has 2 atom stereocenters. The molecule has 2 N–H and O–H groups in total. The molecule has 0 radical (unpaired) electrons. The van der Waals surface area contributed by atoms with Crippen molar-refractivity contribution >= 4 is 16.8 Å². The van der Waals surface area contributed by atoms with Gasteiger partial charge in [0.05, 0.1) is 5.39 Å². The fourth-order valence-corrected chi connectivity index (χ4v) is 4.64. The van der Waals surface area contributed by atoms with Crippen molar-refractivity contribution in [1.29, 1.82) is 0 Å². The zero-order valence-corrected chi connectivity index (χ0v) is 18.2. The average Bonchev–Trinajstić information content (AvgIpc) is 3.47. The van der Waals surface area contributed by atoms with Gasteiger partial charge < -0.3 is 15.0 Å². The van der Waals surface area contributed by atoms with E-state index in [4.69, 9.17) is 4.74 Å². The van der Waals surface area contributed by atoms with Crippen LogP contribution in [0.1, 0.15) is 29.0 Å². The third kappa shape index (κ3) is 4.16. The van der Waals surface area contributed by atoms with Gasteiger partial charge in [0, 0.05) is 43.7 Å². The molecular formula is C27H27N3O2. The first-order valence-electron chi connectivity index (χ1n) is 11.2. The fourth-order valence-electron chi connectivity index (χ4n) is 4.64. The summed E-state index contributed by atoms with van der Waals surface area (Å²) in [6.07, 6.45) is 5.07. The number of nitrogens with one attached hydrogen (secondary N) is 2. The number of Topliss-reactive ketones (excluding diaryl/α,β-unsaturated/α-hetero) is 1. The second-order valence-electron chi connectivity index (χ2n) is 8.50. The van der Waals surface area contributed by atoms with Crippen molar-refractivity contribution in [3.63, 3.8) is 0 Å². The van der Waals surface area contributed by atoms with Crippen LogP contribution in [-0.4, -0.2) is 28.8 Å². The van der Waals surface area contributed by atoms with Crippen molar-refractivity contribution in [2.24, 2.45) is 5.92 Å². The molecule has 1 unspecified atom stereocenters. The van der Waals surface area contributed by atoms with E-state index in [1.165, 1.54) is 11.1 Å². The third-order valence-electron chi connectivity index (χ3n) is 6.40. The standard InChI is InChI=1S/C27H27N3O2/c1-18-15-30-27-26(18)25(13-14-29-27)32-21-10-8-20(9-11-21)22-16-28-17-23(22)24(31)12-7-19-5-3-2-4-6-19/h2-6,8-11,13-15,22-23,28H,7,12,16-17H2,1H3,(H,29,30)/t22?,23-/m0/s1. The molecule has 1 fully saturated rings. The maximum Gasteiger partial charge on any atom is 0.141 e. The van der Waals surface area contributed by atoms with E-state index in [1.807, 2.05) is 49.5 Å². The minimum atomic E-state index is 0.0211. The van der Waals surface area contributed by atoms with E-state index in [-0.39, 0.29) is 11.8 Å². The topological polar surface area (TPSA) is 67.0 Å². The van der Waals surface area contributed by atoms with Gasteiger partial charge in [-0.05, 0) is 48.2 Å². The molecule has 5 heteroatoms. The van der Waals surface area contributed by atoms with Gasteiger partial charge in [-0.15, -0.1) is 0 Å². The first-order chi connectivity index (χ1) is 15.7. The Hall–Kier alpha value is -3.44. The zero-order chi connectivity index (χ0) is 21.9. The highest BCUT2D eigenvalue weighted by Gasteiger charge is 2.33. The van der Waals surface area contributed by atoms with Crippen LogP contribution in [0.4, 0.5) is 0 Å². The van der Waals surface area contributed by atoms with E-state index in [9.17, 15) is 4.79 Å². The van der Waals surface area contributed by atoms with Gasteiger partial charge in [0.2, 0.25) is 0 Å². The summed E-state index contributed by atoms with van der Waals surface area (Å²) in [7, 11) is 0. The Morgan fingerprint density at radius 1 is 1.06 bits per heavy atom. The Morgan fingerprint density at radius 2 is 1.88 bits per heavy atom. The number of carbonyl (C=O) groups is 1. The van der Waals surface area contributed by atoms with Crippen LogP contribution in [-0.2, 0) is 11.2 Å². The van der Waals surface area contributed by atoms with Crippen LogP contribution >= 0.6 is 0 Å². The second-order valence-corrected chi connectivity index (χ2v) is 8.50. The van der Waals surface area contributed by atoms with Gasteiger partial charge in [-0.1, -0.05) is 42.5 Å². The molecular weight excluding hydrogens is 398 g/mol. The molecule has 1 saturated heterocycles. The number of aryl methyl sites for hydroxylation is 2. The summed E-state index contributed by atoms with van der Waals surface area (Å²) >= 11 is 0. The van der Waals surface area contributed by atoms with Crippen molar-refractivity contribution in [3.8, 4) is 11.5 Å². The molecule has 3 heterocycles. The number of benzene rings is 2. The molecule has 0 saturated carbocycles. The lowest BCUT2D eigenvalue weighted by Gasteiger charge is -2.18. The van der Waals surface area contributed by atoms with Crippen LogP contribution in [0.5, 0.6) is 11.5 Å². The molecule has 2 aromatic carbocycles. The smallest absolute Gasteiger partial charge is 0.141 e. The lowest BCUT2D eigenvalue weighted by atomic mass is 9.84. The molecule has 1 aliphatic heterocycles. The Balaban J connectivity index is 1.27. The lowest BCUT2D eigenvalue weighted by Crippen LogP contribution is -2.22. The molecule has 162 valence electrons. The largest absolute Gasteiger partial charge is 0.457 e. The van der Waals surface area contributed by atoms with Gasteiger partial charge in [0.25, 0.3) is 0 Å². The first kappa shape index (κ1) is 20.5. The number of carbonyl (C=O) groups excluding carboxylic acids is 1.